The van der Waals surface area contributed by atoms with Crippen molar-refractivity contribution >= 4 is 17.4 Å². The molecule has 0 saturated carbocycles. The smallest absolute Gasteiger partial charge is 0.330 e. The molecule has 0 aliphatic rings. The lowest BCUT2D eigenvalue weighted by Crippen LogP contribution is -2.04. The lowest BCUT2D eigenvalue weighted by atomic mass is 10.1. The zero-order chi connectivity index (χ0) is 16.7. The second-order valence-electron chi connectivity index (χ2n) is 3.94. The molecule has 1 rings (SSSR count). The number of carbonyl (C=O) groups excluding carboxylic acids is 2. The Morgan fingerprint density at radius 3 is 2.41 bits per heavy atom. The molecular formula is C14H15NO7. The Balaban J connectivity index is 3.20. The van der Waals surface area contributed by atoms with Crippen LogP contribution in [0.3, 0.4) is 0 Å². The van der Waals surface area contributed by atoms with Crippen LogP contribution in [0.1, 0.15) is 17.3 Å². The van der Waals surface area contributed by atoms with E-state index < -0.39 is 22.4 Å². The predicted molar refractivity (Wildman–Crippen MR) is 76.3 cm³/mol. The second kappa shape index (κ2) is 7.77. The van der Waals surface area contributed by atoms with Crippen molar-refractivity contribution in [3.8, 4) is 11.5 Å². The van der Waals surface area contributed by atoms with E-state index in [1.54, 1.807) is 6.92 Å². The van der Waals surface area contributed by atoms with E-state index in [-0.39, 0.29) is 23.7 Å². The Hall–Kier alpha value is -2.90. The molecule has 0 spiro atoms. The largest absolute Gasteiger partial charge is 0.493 e. The number of rotatable bonds is 7. The molecule has 0 N–H and O–H groups in total. The predicted octanol–water partition coefficient (Wildman–Crippen LogP) is 1.91. The molecule has 0 bridgehead atoms. The molecule has 0 amide bonds. The maximum absolute atomic E-state index is 12.0. The van der Waals surface area contributed by atoms with Crippen LogP contribution in [0.2, 0.25) is 0 Å². The van der Waals surface area contributed by atoms with Crippen LogP contribution in [0.4, 0.5) is 5.69 Å². The molecule has 1 aromatic rings. The van der Waals surface area contributed by atoms with Gasteiger partial charge in [0.2, 0.25) is 5.75 Å². The number of ketones is 1. The number of carbonyl (C=O) groups is 2. The maximum atomic E-state index is 12.0. The Labute approximate surface area is 126 Å². The van der Waals surface area contributed by atoms with Crippen LogP contribution in [0.25, 0.3) is 0 Å². The van der Waals surface area contributed by atoms with Crippen molar-refractivity contribution in [2.24, 2.45) is 0 Å². The summed E-state index contributed by atoms with van der Waals surface area (Å²) in [5, 5.41) is 11.0. The van der Waals surface area contributed by atoms with Crippen molar-refractivity contribution in [1.82, 2.24) is 0 Å². The fourth-order valence-electron chi connectivity index (χ4n) is 1.65. The monoisotopic (exact) mass is 309 g/mol. The maximum Gasteiger partial charge on any atom is 0.330 e. The Morgan fingerprint density at radius 2 is 1.91 bits per heavy atom. The number of nitrogens with zero attached hydrogens (tertiary/aromatic N) is 1. The molecule has 0 atom stereocenters. The number of nitro benzene ring substituents is 1. The van der Waals surface area contributed by atoms with E-state index >= 15 is 0 Å². The van der Waals surface area contributed by atoms with Crippen LogP contribution in [0.5, 0.6) is 11.5 Å². The summed E-state index contributed by atoms with van der Waals surface area (Å²) in [6, 6.07) is 2.35. The first-order chi connectivity index (χ1) is 10.4. The van der Waals surface area contributed by atoms with Crippen molar-refractivity contribution in [2.45, 2.75) is 6.92 Å². The van der Waals surface area contributed by atoms with Crippen molar-refractivity contribution in [3.63, 3.8) is 0 Å². The third-order valence-electron chi connectivity index (χ3n) is 2.60. The summed E-state index contributed by atoms with van der Waals surface area (Å²) in [5.41, 5.74) is -0.417. The van der Waals surface area contributed by atoms with E-state index in [2.05, 4.69) is 4.74 Å². The summed E-state index contributed by atoms with van der Waals surface area (Å²) >= 11 is 0. The molecule has 0 fully saturated rings. The molecule has 0 radical (unpaired) electrons. The SMILES string of the molecule is CCOC(=O)C=CC(=O)c1cc(OC)c(OC)c([N+](=O)[O-])c1. The summed E-state index contributed by atoms with van der Waals surface area (Å²) in [4.78, 5) is 33.5. The molecule has 22 heavy (non-hydrogen) atoms. The van der Waals surface area contributed by atoms with E-state index in [9.17, 15) is 19.7 Å². The van der Waals surface area contributed by atoms with E-state index in [4.69, 9.17) is 9.47 Å². The average molecular weight is 309 g/mol. The van der Waals surface area contributed by atoms with Crippen molar-refractivity contribution in [2.75, 3.05) is 20.8 Å². The highest BCUT2D eigenvalue weighted by molar-refractivity contribution is 6.07. The lowest BCUT2D eigenvalue weighted by Gasteiger charge is -2.09. The molecule has 1 aromatic carbocycles. The van der Waals surface area contributed by atoms with Crippen LogP contribution >= 0.6 is 0 Å². The first kappa shape index (κ1) is 17.2. The molecule has 0 aliphatic heterocycles. The zero-order valence-corrected chi connectivity index (χ0v) is 12.3. The standard InChI is InChI=1S/C14H15NO7/c1-4-22-13(17)6-5-11(16)9-7-10(15(18)19)14(21-3)12(8-9)20-2/h5-8H,4H2,1-3H3. The van der Waals surface area contributed by atoms with Gasteiger partial charge in [-0.25, -0.2) is 4.79 Å². The summed E-state index contributed by atoms with van der Waals surface area (Å²) in [5.74, 6) is -1.31. The van der Waals surface area contributed by atoms with Crippen molar-refractivity contribution < 1.29 is 28.7 Å². The highest BCUT2D eigenvalue weighted by Crippen LogP contribution is 2.38. The van der Waals surface area contributed by atoms with Crippen LogP contribution < -0.4 is 9.47 Å². The van der Waals surface area contributed by atoms with Gasteiger partial charge in [0.15, 0.2) is 11.5 Å². The minimum absolute atomic E-state index is 0.00935. The molecule has 0 saturated heterocycles. The van der Waals surface area contributed by atoms with Gasteiger partial charge in [-0.3, -0.25) is 14.9 Å². The number of benzene rings is 1. The van der Waals surface area contributed by atoms with Gasteiger partial charge >= 0.3 is 11.7 Å². The number of hydrogen-bond acceptors (Lipinski definition) is 7. The van der Waals surface area contributed by atoms with Crippen LogP contribution in [0.15, 0.2) is 24.3 Å². The molecule has 0 aliphatic carbocycles. The van der Waals surface area contributed by atoms with Gasteiger partial charge in [0, 0.05) is 17.7 Å². The Morgan fingerprint density at radius 1 is 1.23 bits per heavy atom. The van der Waals surface area contributed by atoms with E-state index in [1.807, 2.05) is 0 Å². The Bertz CT molecular complexity index is 622. The van der Waals surface area contributed by atoms with Crippen molar-refractivity contribution in [1.29, 1.82) is 0 Å². The second-order valence-corrected chi connectivity index (χ2v) is 3.94. The summed E-state index contributed by atoms with van der Waals surface area (Å²) in [6.45, 7) is 1.81. The van der Waals surface area contributed by atoms with Crippen LogP contribution in [-0.4, -0.2) is 37.5 Å². The number of esters is 1. The van der Waals surface area contributed by atoms with Gasteiger partial charge in [-0.2, -0.15) is 0 Å². The third-order valence-corrected chi connectivity index (χ3v) is 2.60. The number of allylic oxidation sites excluding steroid dienone is 1. The first-order valence-electron chi connectivity index (χ1n) is 6.24. The Kier molecular flexibility index (Phi) is 6.06. The van der Waals surface area contributed by atoms with Gasteiger partial charge in [-0.05, 0) is 19.1 Å². The van der Waals surface area contributed by atoms with Crippen LogP contribution in [-0.2, 0) is 9.53 Å². The molecule has 118 valence electrons. The van der Waals surface area contributed by atoms with E-state index in [1.165, 1.54) is 20.3 Å². The minimum atomic E-state index is -0.687. The van der Waals surface area contributed by atoms with Gasteiger partial charge in [-0.1, -0.05) is 0 Å². The quantitative estimate of drug-likeness (QED) is 0.249. The average Bonchev–Trinajstić information content (AvgIpc) is 2.51. The number of ether oxygens (including phenoxy) is 3. The normalized spacial score (nSPS) is 10.3. The highest BCUT2D eigenvalue weighted by Gasteiger charge is 2.23. The van der Waals surface area contributed by atoms with Crippen LogP contribution in [0, 0.1) is 10.1 Å². The number of hydrogen-bond donors (Lipinski definition) is 0. The topological polar surface area (TPSA) is 105 Å². The zero-order valence-electron chi connectivity index (χ0n) is 12.3. The lowest BCUT2D eigenvalue weighted by molar-refractivity contribution is -0.385. The minimum Gasteiger partial charge on any atom is -0.493 e. The molecule has 8 nitrogen and oxygen atoms in total. The van der Waals surface area contributed by atoms with Crippen molar-refractivity contribution in [3.05, 3.63) is 40.0 Å². The van der Waals surface area contributed by atoms with Gasteiger partial charge in [0.1, 0.15) is 0 Å². The molecule has 0 heterocycles. The van der Waals surface area contributed by atoms with Gasteiger partial charge < -0.3 is 14.2 Å². The third kappa shape index (κ3) is 4.05. The fraction of sp³-hybridized carbons (Fsp3) is 0.286. The summed E-state index contributed by atoms with van der Waals surface area (Å²) in [6.07, 6.45) is 1.93. The van der Waals surface area contributed by atoms with E-state index in [0.29, 0.717) is 0 Å². The molecule has 0 unspecified atom stereocenters. The van der Waals surface area contributed by atoms with Gasteiger partial charge in [0.05, 0.1) is 25.7 Å². The number of nitro groups is 1. The summed E-state index contributed by atoms with van der Waals surface area (Å²) in [7, 11) is 2.55. The molecular weight excluding hydrogens is 294 g/mol. The number of methoxy groups -OCH3 is 2. The van der Waals surface area contributed by atoms with Gasteiger partial charge in [-0.15, -0.1) is 0 Å². The first-order valence-corrected chi connectivity index (χ1v) is 6.24. The summed E-state index contributed by atoms with van der Waals surface area (Å²) < 4.78 is 14.5. The molecule has 8 heteroatoms. The fourth-order valence-corrected chi connectivity index (χ4v) is 1.65. The molecule has 0 aromatic heterocycles. The van der Waals surface area contributed by atoms with E-state index in [0.717, 1.165) is 18.2 Å². The van der Waals surface area contributed by atoms with Gasteiger partial charge in [0.25, 0.3) is 0 Å². The highest BCUT2D eigenvalue weighted by atomic mass is 16.6.